The molecule has 3 heteroatoms. The molecule has 2 aliphatic carbocycles. The topological polar surface area (TPSA) is 18.5 Å². The molecule has 0 aliphatic heterocycles. The molecular weight excluding hydrogens is 240 g/mol. The molecular formula is C15H21O2Si. The molecule has 0 saturated carbocycles. The summed E-state index contributed by atoms with van der Waals surface area (Å²) >= 11 is 0. The largest absolute Gasteiger partial charge is 0.399 e. The van der Waals surface area contributed by atoms with Crippen molar-refractivity contribution in [2.24, 2.45) is 0 Å². The summed E-state index contributed by atoms with van der Waals surface area (Å²) in [7, 11) is 2.19. The molecule has 1 radical (unpaired) electrons. The van der Waals surface area contributed by atoms with Gasteiger partial charge in [-0.05, 0) is 19.3 Å². The lowest BCUT2D eigenvalue weighted by Crippen LogP contribution is -2.39. The van der Waals surface area contributed by atoms with E-state index in [1.54, 1.807) is 14.2 Å². The van der Waals surface area contributed by atoms with Crippen LogP contribution in [0.2, 0.25) is 5.04 Å². The van der Waals surface area contributed by atoms with Gasteiger partial charge in [-0.3, -0.25) is 0 Å². The predicted octanol–water partition coefficient (Wildman–Crippen LogP) is 3.69. The van der Waals surface area contributed by atoms with Crippen LogP contribution in [0.3, 0.4) is 0 Å². The highest BCUT2D eigenvalue weighted by Crippen LogP contribution is 2.54. The Morgan fingerprint density at radius 2 is 1.56 bits per heavy atom. The Morgan fingerprint density at radius 3 is 1.83 bits per heavy atom. The molecule has 0 saturated heterocycles. The van der Waals surface area contributed by atoms with Crippen LogP contribution < -0.4 is 0 Å². The molecule has 0 aromatic heterocycles. The van der Waals surface area contributed by atoms with Crippen molar-refractivity contribution in [1.82, 2.24) is 0 Å². The number of hydrogen-bond donors (Lipinski definition) is 0. The van der Waals surface area contributed by atoms with E-state index in [-0.39, 0.29) is 5.04 Å². The third-order valence-corrected chi connectivity index (χ3v) is 6.32. The van der Waals surface area contributed by atoms with Crippen LogP contribution in [0.15, 0.2) is 47.6 Å². The van der Waals surface area contributed by atoms with E-state index in [2.05, 4.69) is 43.4 Å². The standard InChI is InChI=1S/C15H21O2Si/c1-4-15(18(16-2)17-3,13-9-5-6-10-13)14-11-7-8-12-14/h5-9,11H,4,10,12H2,1-3H3. The SMILES string of the molecule is CCC(C1=CC=CC1)(C1=CC=CC1)[Si](OC)OC. The first-order valence-corrected chi connectivity index (χ1v) is 7.79. The second kappa shape index (κ2) is 5.82. The molecule has 0 spiro atoms. The fourth-order valence-corrected chi connectivity index (χ4v) is 5.07. The summed E-state index contributed by atoms with van der Waals surface area (Å²) in [6, 6.07) is 0. The summed E-state index contributed by atoms with van der Waals surface area (Å²) in [5, 5.41) is -0.0266. The highest BCUT2D eigenvalue weighted by atomic mass is 28.3. The van der Waals surface area contributed by atoms with Crippen molar-refractivity contribution >= 4 is 9.28 Å². The minimum atomic E-state index is -1.35. The zero-order valence-electron chi connectivity index (χ0n) is 11.4. The zero-order valence-corrected chi connectivity index (χ0v) is 12.4. The van der Waals surface area contributed by atoms with Gasteiger partial charge in [-0.2, -0.15) is 0 Å². The molecule has 0 aromatic carbocycles. The van der Waals surface area contributed by atoms with Crippen LogP contribution in [0.4, 0.5) is 0 Å². The molecule has 2 rings (SSSR count). The van der Waals surface area contributed by atoms with E-state index in [4.69, 9.17) is 8.85 Å². The molecule has 18 heavy (non-hydrogen) atoms. The van der Waals surface area contributed by atoms with Gasteiger partial charge in [-0.25, -0.2) is 0 Å². The van der Waals surface area contributed by atoms with Crippen molar-refractivity contribution < 1.29 is 8.85 Å². The summed E-state index contributed by atoms with van der Waals surface area (Å²) in [5.41, 5.74) is 2.88. The minimum absolute atomic E-state index is 0.0266. The van der Waals surface area contributed by atoms with E-state index in [0.29, 0.717) is 0 Å². The molecule has 0 heterocycles. The second-order valence-corrected chi connectivity index (χ2v) is 6.85. The van der Waals surface area contributed by atoms with Gasteiger partial charge < -0.3 is 8.85 Å². The Balaban J connectivity index is 2.42. The van der Waals surface area contributed by atoms with Crippen LogP contribution in [-0.4, -0.2) is 23.5 Å². The van der Waals surface area contributed by atoms with Gasteiger partial charge >= 0.3 is 9.28 Å². The minimum Gasteiger partial charge on any atom is -0.396 e. The van der Waals surface area contributed by atoms with Crippen LogP contribution in [0.1, 0.15) is 26.2 Å². The Bertz CT molecular complexity index is 384. The fourth-order valence-electron chi connectivity index (χ4n) is 3.03. The fraction of sp³-hybridized carbons (Fsp3) is 0.467. The van der Waals surface area contributed by atoms with Crippen molar-refractivity contribution in [2.75, 3.05) is 14.2 Å². The molecule has 2 nitrogen and oxygen atoms in total. The molecule has 0 N–H and O–H groups in total. The first-order chi connectivity index (χ1) is 8.79. The smallest absolute Gasteiger partial charge is 0.396 e. The molecule has 0 aromatic rings. The lowest BCUT2D eigenvalue weighted by atomic mass is 9.85. The van der Waals surface area contributed by atoms with Crippen LogP contribution in [0, 0.1) is 0 Å². The van der Waals surface area contributed by atoms with Crippen molar-refractivity contribution in [1.29, 1.82) is 0 Å². The van der Waals surface area contributed by atoms with Gasteiger partial charge in [-0.15, -0.1) is 0 Å². The van der Waals surface area contributed by atoms with E-state index < -0.39 is 9.28 Å². The Kier molecular flexibility index (Phi) is 4.38. The van der Waals surface area contributed by atoms with Crippen molar-refractivity contribution in [3.8, 4) is 0 Å². The number of hydrogen-bond acceptors (Lipinski definition) is 2. The lowest BCUT2D eigenvalue weighted by Gasteiger charge is -2.38. The molecule has 0 unspecified atom stereocenters. The number of rotatable bonds is 6. The summed E-state index contributed by atoms with van der Waals surface area (Å²) < 4.78 is 11.4. The van der Waals surface area contributed by atoms with Crippen LogP contribution >= 0.6 is 0 Å². The lowest BCUT2D eigenvalue weighted by molar-refractivity contribution is 0.252. The third-order valence-electron chi connectivity index (χ3n) is 3.89. The van der Waals surface area contributed by atoms with E-state index in [1.165, 1.54) is 11.1 Å². The van der Waals surface area contributed by atoms with Gasteiger partial charge in [0.2, 0.25) is 0 Å². The van der Waals surface area contributed by atoms with E-state index in [0.717, 1.165) is 19.3 Å². The first kappa shape index (κ1) is 13.5. The van der Waals surface area contributed by atoms with Gasteiger partial charge in [0.05, 0.1) is 5.04 Å². The van der Waals surface area contributed by atoms with Crippen molar-refractivity contribution in [3.05, 3.63) is 47.6 Å². The molecule has 0 fully saturated rings. The van der Waals surface area contributed by atoms with Gasteiger partial charge in [0.25, 0.3) is 0 Å². The van der Waals surface area contributed by atoms with Crippen LogP contribution in [0.25, 0.3) is 0 Å². The summed E-state index contributed by atoms with van der Waals surface area (Å²) in [5.74, 6) is 0. The third kappa shape index (κ3) is 2.07. The van der Waals surface area contributed by atoms with Gasteiger partial charge in [0.1, 0.15) is 0 Å². The highest BCUT2D eigenvalue weighted by Gasteiger charge is 2.48. The molecule has 0 amide bonds. The Labute approximate surface area is 112 Å². The summed E-state index contributed by atoms with van der Waals surface area (Å²) in [6.45, 7) is 2.24. The normalized spacial score (nSPS) is 18.7. The maximum absolute atomic E-state index is 5.72. The summed E-state index contributed by atoms with van der Waals surface area (Å²) in [6.07, 6.45) is 16.3. The first-order valence-electron chi connectivity index (χ1n) is 6.47. The van der Waals surface area contributed by atoms with Crippen LogP contribution in [0.5, 0.6) is 0 Å². The molecule has 0 atom stereocenters. The predicted molar refractivity (Wildman–Crippen MR) is 76.4 cm³/mol. The molecule has 2 aliphatic rings. The van der Waals surface area contributed by atoms with Gasteiger partial charge in [0, 0.05) is 14.2 Å². The van der Waals surface area contributed by atoms with E-state index >= 15 is 0 Å². The number of allylic oxidation sites excluding steroid dienone is 8. The Hall–Kier alpha value is -0.903. The average molecular weight is 261 g/mol. The maximum Gasteiger partial charge on any atom is 0.399 e. The van der Waals surface area contributed by atoms with Crippen molar-refractivity contribution in [3.63, 3.8) is 0 Å². The van der Waals surface area contributed by atoms with Crippen molar-refractivity contribution in [2.45, 2.75) is 31.2 Å². The van der Waals surface area contributed by atoms with Gasteiger partial charge in [-0.1, -0.05) is 54.5 Å². The van der Waals surface area contributed by atoms with E-state index in [1.807, 2.05) is 0 Å². The maximum atomic E-state index is 5.72. The van der Waals surface area contributed by atoms with Crippen LogP contribution in [-0.2, 0) is 8.85 Å². The monoisotopic (exact) mass is 261 g/mol. The summed E-state index contributed by atoms with van der Waals surface area (Å²) in [4.78, 5) is 0. The van der Waals surface area contributed by atoms with Gasteiger partial charge in [0.15, 0.2) is 0 Å². The van der Waals surface area contributed by atoms with E-state index in [9.17, 15) is 0 Å². The molecule has 97 valence electrons. The highest BCUT2D eigenvalue weighted by molar-refractivity contribution is 6.51. The Morgan fingerprint density at radius 1 is 1.06 bits per heavy atom. The second-order valence-electron chi connectivity index (χ2n) is 4.60. The zero-order chi connectivity index (χ0) is 13.0. The molecule has 0 bridgehead atoms. The average Bonchev–Trinajstić information content (AvgIpc) is 3.08. The quantitative estimate of drug-likeness (QED) is 0.679.